The van der Waals surface area contributed by atoms with Crippen LogP contribution in [0, 0.1) is 0 Å². The molecule has 0 saturated heterocycles. The standard InChI is InChI=1S/C23H25N3O/c1-4-17-16-19-14-10-11-15-20(19)21(22(27)18-12-8-7-9-13-18)24-25-23(17)26(5-2)6-3/h7-16H,4-6H2,1-3H3/b17-16?,19-16-,21-20?,23-17+,24-21?,25-23?,25-24+. The summed E-state index contributed by atoms with van der Waals surface area (Å²) in [4.78, 5) is 15.3. The van der Waals surface area contributed by atoms with Crippen LogP contribution in [0.5, 0.6) is 0 Å². The summed E-state index contributed by atoms with van der Waals surface area (Å²) in [7, 11) is 0. The van der Waals surface area contributed by atoms with Crippen molar-refractivity contribution in [1.29, 1.82) is 0 Å². The number of ketones is 1. The Bertz CT molecular complexity index is 999. The maximum Gasteiger partial charge on any atom is 0.213 e. The molecule has 0 unspecified atom stereocenters. The summed E-state index contributed by atoms with van der Waals surface area (Å²) >= 11 is 0. The molecule has 0 saturated carbocycles. The average molecular weight is 359 g/mol. The number of allylic oxidation sites excluding steroid dienone is 1. The minimum atomic E-state index is -0.112. The third-order valence-electron chi connectivity index (χ3n) is 4.77. The van der Waals surface area contributed by atoms with Gasteiger partial charge < -0.3 is 4.90 Å². The number of nitrogens with zero attached hydrogens (tertiary/aromatic N) is 3. The second-order valence-corrected chi connectivity index (χ2v) is 6.35. The highest BCUT2D eigenvalue weighted by Gasteiger charge is 2.17. The number of azo groups is 1. The summed E-state index contributed by atoms with van der Waals surface area (Å²) in [5.74, 6) is 0.731. The molecule has 0 aromatic heterocycles. The predicted octanol–water partition coefficient (Wildman–Crippen LogP) is 3.89. The van der Waals surface area contributed by atoms with Gasteiger partial charge in [-0.1, -0.05) is 61.5 Å². The molecular formula is C23H25N3O. The molecule has 2 aromatic carbocycles. The van der Waals surface area contributed by atoms with E-state index in [0.717, 1.165) is 41.3 Å². The van der Waals surface area contributed by atoms with E-state index in [4.69, 9.17) is 0 Å². The summed E-state index contributed by atoms with van der Waals surface area (Å²) < 4.78 is 0. The monoisotopic (exact) mass is 359 g/mol. The Morgan fingerprint density at radius 3 is 2.22 bits per heavy atom. The van der Waals surface area contributed by atoms with E-state index in [1.54, 1.807) is 0 Å². The molecule has 0 amide bonds. The molecule has 0 aliphatic carbocycles. The fourth-order valence-corrected chi connectivity index (χ4v) is 3.25. The summed E-state index contributed by atoms with van der Waals surface area (Å²) in [6, 6.07) is 17.2. The molecule has 1 heterocycles. The van der Waals surface area contributed by atoms with Crippen LogP contribution in [0.1, 0.15) is 37.6 Å². The minimum absolute atomic E-state index is 0.112. The molecule has 138 valence electrons. The first-order valence-electron chi connectivity index (χ1n) is 9.50. The van der Waals surface area contributed by atoms with Crippen molar-refractivity contribution in [3.05, 3.63) is 82.0 Å². The Balaban J connectivity index is 2.27. The lowest BCUT2D eigenvalue weighted by atomic mass is 10.0. The summed E-state index contributed by atoms with van der Waals surface area (Å²) in [6.45, 7) is 8.00. The van der Waals surface area contributed by atoms with Gasteiger partial charge in [-0.3, -0.25) is 4.79 Å². The van der Waals surface area contributed by atoms with Crippen molar-refractivity contribution in [2.45, 2.75) is 27.2 Å². The highest BCUT2D eigenvalue weighted by atomic mass is 16.1. The molecule has 27 heavy (non-hydrogen) atoms. The van der Waals surface area contributed by atoms with Gasteiger partial charge in [0.2, 0.25) is 5.78 Å². The van der Waals surface area contributed by atoms with Gasteiger partial charge in [-0.25, -0.2) is 0 Å². The number of hydrogen-bond acceptors (Lipinski definition) is 4. The summed E-state index contributed by atoms with van der Waals surface area (Å²) in [6.07, 6.45) is 2.99. The van der Waals surface area contributed by atoms with Crippen LogP contribution in [-0.4, -0.2) is 23.8 Å². The minimum Gasteiger partial charge on any atom is -0.355 e. The SMILES string of the molecule is CCC1=C(N(CC)CC)/N=N/C(C(=O)c2ccccc2)=c2cccc\c2=C\1. The zero-order valence-corrected chi connectivity index (χ0v) is 16.1. The smallest absolute Gasteiger partial charge is 0.213 e. The molecular weight excluding hydrogens is 334 g/mol. The van der Waals surface area contributed by atoms with Gasteiger partial charge in [0.1, 0.15) is 5.70 Å². The largest absolute Gasteiger partial charge is 0.355 e. The van der Waals surface area contributed by atoms with E-state index >= 15 is 0 Å². The molecule has 4 nitrogen and oxygen atoms in total. The third-order valence-corrected chi connectivity index (χ3v) is 4.77. The molecule has 1 aliphatic rings. The maximum absolute atomic E-state index is 13.2. The van der Waals surface area contributed by atoms with Crippen molar-refractivity contribution in [2.24, 2.45) is 10.2 Å². The van der Waals surface area contributed by atoms with E-state index in [-0.39, 0.29) is 5.78 Å². The van der Waals surface area contributed by atoms with Gasteiger partial charge in [-0.2, -0.15) is 0 Å². The molecule has 0 atom stereocenters. The van der Waals surface area contributed by atoms with Crippen LogP contribution in [0.25, 0.3) is 11.8 Å². The van der Waals surface area contributed by atoms with E-state index in [9.17, 15) is 4.79 Å². The van der Waals surface area contributed by atoms with Crippen LogP contribution >= 0.6 is 0 Å². The number of rotatable bonds is 6. The van der Waals surface area contributed by atoms with Crippen molar-refractivity contribution < 1.29 is 4.79 Å². The maximum atomic E-state index is 13.2. The van der Waals surface area contributed by atoms with Crippen molar-refractivity contribution in [3.63, 3.8) is 0 Å². The zero-order valence-electron chi connectivity index (χ0n) is 16.1. The van der Waals surface area contributed by atoms with Gasteiger partial charge in [0, 0.05) is 23.9 Å². The molecule has 0 radical (unpaired) electrons. The van der Waals surface area contributed by atoms with Crippen LogP contribution in [0.15, 0.2) is 76.2 Å². The van der Waals surface area contributed by atoms with Crippen LogP contribution in [0.4, 0.5) is 0 Å². The van der Waals surface area contributed by atoms with Crippen molar-refractivity contribution >= 4 is 17.6 Å². The number of fused-ring (bicyclic) bond motifs is 1. The molecule has 0 N–H and O–H groups in total. The molecule has 2 aromatic rings. The van der Waals surface area contributed by atoms with Gasteiger partial charge in [-0.05, 0) is 37.1 Å². The Labute approximate surface area is 160 Å². The zero-order chi connectivity index (χ0) is 19.2. The number of carbonyl (C=O) groups is 1. The van der Waals surface area contributed by atoms with Crippen LogP contribution in [0.2, 0.25) is 0 Å². The van der Waals surface area contributed by atoms with Gasteiger partial charge >= 0.3 is 0 Å². The van der Waals surface area contributed by atoms with Crippen molar-refractivity contribution in [2.75, 3.05) is 13.1 Å². The Hall–Kier alpha value is -3.01. The normalized spacial score (nSPS) is 18.6. The Morgan fingerprint density at radius 2 is 1.56 bits per heavy atom. The second kappa shape index (κ2) is 8.58. The Kier molecular flexibility index (Phi) is 5.97. The van der Waals surface area contributed by atoms with Crippen LogP contribution < -0.4 is 10.4 Å². The number of Topliss-reactive ketones (excluding diaryl/α,β-unsaturated/α-hetero) is 1. The van der Waals surface area contributed by atoms with Gasteiger partial charge in [0.05, 0.1) is 0 Å². The van der Waals surface area contributed by atoms with Gasteiger partial charge in [0.25, 0.3) is 0 Å². The van der Waals surface area contributed by atoms with Crippen molar-refractivity contribution in [1.82, 2.24) is 4.90 Å². The summed E-state index contributed by atoms with van der Waals surface area (Å²) in [5, 5.41) is 10.8. The Morgan fingerprint density at radius 1 is 0.889 bits per heavy atom. The van der Waals surface area contributed by atoms with E-state index in [1.165, 1.54) is 0 Å². The van der Waals surface area contributed by atoms with Crippen molar-refractivity contribution in [3.8, 4) is 0 Å². The average Bonchev–Trinajstić information content (AvgIpc) is 2.71. The second-order valence-electron chi connectivity index (χ2n) is 6.35. The molecule has 4 heteroatoms. The highest BCUT2D eigenvalue weighted by molar-refractivity contribution is 6.23. The van der Waals surface area contributed by atoms with Gasteiger partial charge in [0.15, 0.2) is 5.82 Å². The lowest BCUT2D eigenvalue weighted by Gasteiger charge is -2.23. The van der Waals surface area contributed by atoms with E-state index in [2.05, 4.69) is 42.0 Å². The van der Waals surface area contributed by atoms with Gasteiger partial charge in [-0.15, -0.1) is 10.2 Å². The fourth-order valence-electron chi connectivity index (χ4n) is 3.25. The molecule has 3 rings (SSSR count). The third kappa shape index (κ3) is 3.90. The summed E-state index contributed by atoms with van der Waals surface area (Å²) in [5.41, 5.74) is 2.12. The topological polar surface area (TPSA) is 45.0 Å². The number of carbonyl (C=O) groups excluding carboxylic acids is 1. The fraction of sp³-hybridized carbons (Fsp3) is 0.261. The first-order chi connectivity index (χ1) is 13.2. The number of benzene rings is 2. The molecule has 0 spiro atoms. The molecule has 0 fully saturated rings. The van der Waals surface area contributed by atoms with E-state index < -0.39 is 0 Å². The molecule has 0 bridgehead atoms. The first-order valence-corrected chi connectivity index (χ1v) is 9.50. The number of hydrogen-bond donors (Lipinski definition) is 0. The first kappa shape index (κ1) is 18.8. The molecule has 1 aliphatic heterocycles. The lowest BCUT2D eigenvalue weighted by Crippen LogP contribution is -2.30. The predicted molar refractivity (Wildman–Crippen MR) is 109 cm³/mol. The van der Waals surface area contributed by atoms with Crippen LogP contribution in [-0.2, 0) is 0 Å². The lowest BCUT2D eigenvalue weighted by molar-refractivity contribution is 0.105. The highest BCUT2D eigenvalue weighted by Crippen LogP contribution is 2.20. The quantitative estimate of drug-likeness (QED) is 0.735. The van der Waals surface area contributed by atoms with E-state index in [1.807, 2.05) is 54.6 Å². The van der Waals surface area contributed by atoms with E-state index in [0.29, 0.717) is 11.3 Å². The van der Waals surface area contributed by atoms with Crippen LogP contribution in [0.3, 0.4) is 0 Å².